The number of nitrogen functional groups attached to an aromatic ring is 1. The van der Waals surface area contributed by atoms with Crippen LogP contribution in [0.25, 0.3) is 11.4 Å². The number of benzene rings is 1. The second kappa shape index (κ2) is 4.69. The maximum absolute atomic E-state index is 10.6. The predicted octanol–water partition coefficient (Wildman–Crippen LogP) is 2.85. The van der Waals surface area contributed by atoms with Crippen LogP contribution >= 0.6 is 23.2 Å². The second-order valence-corrected chi connectivity index (χ2v) is 4.12. The van der Waals surface area contributed by atoms with Gasteiger partial charge in [-0.1, -0.05) is 23.2 Å². The van der Waals surface area contributed by atoms with Crippen molar-refractivity contribution in [1.82, 2.24) is 9.97 Å². The topological polar surface area (TPSA) is 68.9 Å². The van der Waals surface area contributed by atoms with Crippen LogP contribution in [-0.4, -0.2) is 16.3 Å². The molecule has 0 radical (unpaired) electrons. The molecule has 0 aliphatic carbocycles. The number of hydrogen-bond donors (Lipinski definition) is 1. The normalized spacial score (nSPS) is 10.2. The summed E-state index contributed by atoms with van der Waals surface area (Å²) in [5.74, 6) is 0.478. The molecule has 0 unspecified atom stereocenters. The third-order valence-electron chi connectivity index (χ3n) is 2.15. The fraction of sp³-hybridized carbons (Fsp3) is 0. The lowest BCUT2D eigenvalue weighted by Crippen LogP contribution is -2.00. The zero-order chi connectivity index (χ0) is 12.4. The van der Waals surface area contributed by atoms with Crippen LogP contribution < -0.4 is 5.73 Å². The van der Waals surface area contributed by atoms with E-state index in [2.05, 4.69) is 9.97 Å². The molecule has 0 saturated heterocycles. The first kappa shape index (κ1) is 11.8. The van der Waals surface area contributed by atoms with Crippen LogP contribution in [0.4, 0.5) is 5.82 Å². The molecular weight excluding hydrogens is 261 g/mol. The van der Waals surface area contributed by atoms with Crippen molar-refractivity contribution < 1.29 is 4.79 Å². The van der Waals surface area contributed by atoms with Crippen LogP contribution in [0.3, 0.4) is 0 Å². The van der Waals surface area contributed by atoms with Crippen molar-refractivity contribution in [2.24, 2.45) is 0 Å². The van der Waals surface area contributed by atoms with Gasteiger partial charge in [0.05, 0.1) is 10.6 Å². The summed E-state index contributed by atoms with van der Waals surface area (Å²) in [6, 6.07) is 4.96. The predicted molar refractivity (Wildman–Crippen MR) is 67.3 cm³/mol. The molecule has 0 atom stereocenters. The summed E-state index contributed by atoms with van der Waals surface area (Å²) in [5.41, 5.74) is 6.46. The largest absolute Gasteiger partial charge is 0.383 e. The fourth-order valence-electron chi connectivity index (χ4n) is 1.30. The molecule has 1 aromatic carbocycles. The van der Waals surface area contributed by atoms with Gasteiger partial charge >= 0.3 is 0 Å². The zero-order valence-corrected chi connectivity index (χ0v) is 10.0. The van der Waals surface area contributed by atoms with Gasteiger partial charge in [-0.15, -0.1) is 0 Å². The number of aldehydes is 1. The summed E-state index contributed by atoms with van der Waals surface area (Å²) < 4.78 is 0. The molecule has 0 bridgehead atoms. The quantitative estimate of drug-likeness (QED) is 0.850. The Balaban J connectivity index is 2.53. The molecule has 0 spiro atoms. The molecule has 2 N–H and O–H groups in total. The van der Waals surface area contributed by atoms with Crippen molar-refractivity contribution >= 4 is 35.3 Å². The Morgan fingerprint density at radius 3 is 2.65 bits per heavy atom. The van der Waals surface area contributed by atoms with Gasteiger partial charge in [0.25, 0.3) is 0 Å². The highest BCUT2D eigenvalue weighted by atomic mass is 35.5. The minimum absolute atomic E-state index is 0.121. The number of carbonyl (C=O) groups excluding carboxylic acids is 1. The molecule has 2 aromatic rings. The van der Waals surface area contributed by atoms with Crippen LogP contribution in [0.5, 0.6) is 0 Å². The van der Waals surface area contributed by atoms with E-state index in [1.807, 2.05) is 0 Å². The fourth-order valence-corrected chi connectivity index (χ4v) is 1.79. The summed E-state index contributed by atoms with van der Waals surface area (Å²) in [4.78, 5) is 18.6. The number of rotatable bonds is 2. The first-order valence-corrected chi connectivity index (χ1v) is 5.40. The van der Waals surface area contributed by atoms with Gasteiger partial charge in [-0.3, -0.25) is 4.79 Å². The minimum atomic E-state index is 0.121. The molecule has 1 aromatic heterocycles. The van der Waals surface area contributed by atoms with Crippen LogP contribution in [0.2, 0.25) is 10.0 Å². The molecule has 0 aliphatic rings. The molecular formula is C11H7Cl2N3O. The number of nitrogens with zero attached hydrogens (tertiary/aromatic N) is 2. The smallest absolute Gasteiger partial charge is 0.163 e. The summed E-state index contributed by atoms with van der Waals surface area (Å²) >= 11 is 11.8. The van der Waals surface area contributed by atoms with Gasteiger partial charge in [0.15, 0.2) is 12.1 Å². The molecule has 17 heavy (non-hydrogen) atoms. The van der Waals surface area contributed by atoms with Gasteiger partial charge in [0, 0.05) is 16.8 Å². The molecule has 0 fully saturated rings. The van der Waals surface area contributed by atoms with E-state index in [4.69, 9.17) is 28.9 Å². The van der Waals surface area contributed by atoms with E-state index in [0.29, 0.717) is 27.7 Å². The van der Waals surface area contributed by atoms with E-state index in [1.54, 1.807) is 18.2 Å². The standard InChI is InChI=1S/C11H7Cl2N3O/c12-7-1-2-8(9(13)3-7)11-15-4-6(5-17)10(14)16-11/h1-5H,(H2,14,15,16). The summed E-state index contributed by atoms with van der Waals surface area (Å²) in [5, 5.41) is 0.951. The van der Waals surface area contributed by atoms with Crippen LogP contribution in [0.1, 0.15) is 10.4 Å². The summed E-state index contributed by atoms with van der Waals surface area (Å²) in [6.07, 6.45) is 1.96. The van der Waals surface area contributed by atoms with Gasteiger partial charge in [0.1, 0.15) is 5.82 Å². The Morgan fingerprint density at radius 1 is 1.29 bits per heavy atom. The molecule has 1 heterocycles. The van der Waals surface area contributed by atoms with Crippen molar-refractivity contribution in [2.75, 3.05) is 5.73 Å². The van der Waals surface area contributed by atoms with Gasteiger partial charge < -0.3 is 5.73 Å². The average Bonchev–Trinajstić information content (AvgIpc) is 2.29. The third-order valence-corrected chi connectivity index (χ3v) is 2.69. The first-order valence-electron chi connectivity index (χ1n) is 4.65. The molecule has 0 amide bonds. The van der Waals surface area contributed by atoms with Gasteiger partial charge in [-0.2, -0.15) is 0 Å². The lowest BCUT2D eigenvalue weighted by molar-refractivity contribution is 0.112. The Kier molecular flexibility index (Phi) is 3.26. The monoisotopic (exact) mass is 267 g/mol. The van der Waals surface area contributed by atoms with Crippen molar-refractivity contribution in [3.63, 3.8) is 0 Å². The lowest BCUT2D eigenvalue weighted by Gasteiger charge is -2.05. The van der Waals surface area contributed by atoms with Crippen molar-refractivity contribution in [3.8, 4) is 11.4 Å². The lowest BCUT2D eigenvalue weighted by atomic mass is 10.2. The van der Waals surface area contributed by atoms with Gasteiger partial charge in [0.2, 0.25) is 0 Å². The molecule has 0 saturated carbocycles. The number of carbonyl (C=O) groups is 1. The highest BCUT2D eigenvalue weighted by Gasteiger charge is 2.09. The summed E-state index contributed by atoms with van der Waals surface area (Å²) in [7, 11) is 0. The van der Waals surface area contributed by atoms with Crippen molar-refractivity contribution in [1.29, 1.82) is 0 Å². The van der Waals surface area contributed by atoms with Crippen molar-refractivity contribution in [3.05, 3.63) is 40.0 Å². The Bertz CT molecular complexity index is 587. The second-order valence-electron chi connectivity index (χ2n) is 3.28. The molecule has 4 nitrogen and oxygen atoms in total. The van der Waals surface area contributed by atoms with Gasteiger partial charge in [-0.05, 0) is 18.2 Å². The van der Waals surface area contributed by atoms with E-state index in [1.165, 1.54) is 6.20 Å². The van der Waals surface area contributed by atoms with Crippen molar-refractivity contribution in [2.45, 2.75) is 0 Å². The molecule has 6 heteroatoms. The average molecular weight is 268 g/mol. The minimum Gasteiger partial charge on any atom is -0.383 e. The number of hydrogen-bond acceptors (Lipinski definition) is 4. The molecule has 86 valence electrons. The van der Waals surface area contributed by atoms with E-state index in [0.717, 1.165) is 0 Å². The van der Waals surface area contributed by atoms with E-state index < -0.39 is 0 Å². The van der Waals surface area contributed by atoms with E-state index in [9.17, 15) is 4.79 Å². The SMILES string of the molecule is Nc1nc(-c2ccc(Cl)cc2Cl)ncc1C=O. The zero-order valence-electron chi connectivity index (χ0n) is 8.52. The molecule has 0 aliphatic heterocycles. The van der Waals surface area contributed by atoms with Crippen LogP contribution in [0.15, 0.2) is 24.4 Å². The van der Waals surface area contributed by atoms with E-state index >= 15 is 0 Å². The Labute approximate surface area is 107 Å². The number of anilines is 1. The Hall–Kier alpha value is -1.65. The Morgan fingerprint density at radius 2 is 2.06 bits per heavy atom. The highest BCUT2D eigenvalue weighted by molar-refractivity contribution is 6.36. The number of halogens is 2. The third kappa shape index (κ3) is 2.38. The maximum atomic E-state index is 10.6. The van der Waals surface area contributed by atoms with Gasteiger partial charge in [-0.25, -0.2) is 9.97 Å². The number of aromatic nitrogens is 2. The number of nitrogens with two attached hydrogens (primary N) is 1. The first-order chi connectivity index (χ1) is 8.11. The van der Waals surface area contributed by atoms with Crippen LogP contribution in [0, 0.1) is 0 Å². The summed E-state index contributed by atoms with van der Waals surface area (Å²) in [6.45, 7) is 0. The highest BCUT2D eigenvalue weighted by Crippen LogP contribution is 2.28. The van der Waals surface area contributed by atoms with E-state index in [-0.39, 0.29) is 11.4 Å². The van der Waals surface area contributed by atoms with Crippen LogP contribution in [-0.2, 0) is 0 Å². The maximum Gasteiger partial charge on any atom is 0.163 e. The molecule has 2 rings (SSSR count).